The first-order chi connectivity index (χ1) is 10.9. The Bertz CT molecular complexity index is 877. The predicted octanol–water partition coefficient (Wildman–Crippen LogP) is 1.71. The SMILES string of the molecule is Cc1nc2ccc(NC(=O)NCc3c(C)nn(C)c3C)cn2n1. The molecule has 3 aromatic heterocycles. The number of hydrogen-bond acceptors (Lipinski definition) is 4. The lowest BCUT2D eigenvalue weighted by Crippen LogP contribution is -2.28. The number of nitrogens with one attached hydrogen (secondary N) is 2. The van der Waals surface area contributed by atoms with Gasteiger partial charge in [-0.1, -0.05) is 0 Å². The van der Waals surface area contributed by atoms with Gasteiger partial charge in [-0.05, 0) is 32.9 Å². The van der Waals surface area contributed by atoms with E-state index in [1.165, 1.54) is 0 Å². The third-order valence-electron chi connectivity index (χ3n) is 3.78. The van der Waals surface area contributed by atoms with Gasteiger partial charge >= 0.3 is 6.03 Å². The van der Waals surface area contributed by atoms with Crippen molar-refractivity contribution in [3.05, 3.63) is 41.1 Å². The van der Waals surface area contributed by atoms with E-state index < -0.39 is 0 Å². The Morgan fingerprint density at radius 1 is 1.22 bits per heavy atom. The van der Waals surface area contributed by atoms with Crippen LogP contribution < -0.4 is 10.6 Å². The molecule has 3 rings (SSSR count). The number of aromatic nitrogens is 5. The van der Waals surface area contributed by atoms with Gasteiger partial charge in [0.15, 0.2) is 5.65 Å². The molecule has 3 heterocycles. The number of amides is 2. The van der Waals surface area contributed by atoms with Crippen LogP contribution in [-0.4, -0.2) is 30.4 Å². The van der Waals surface area contributed by atoms with E-state index in [2.05, 4.69) is 25.8 Å². The largest absolute Gasteiger partial charge is 0.334 e. The van der Waals surface area contributed by atoms with E-state index in [4.69, 9.17) is 0 Å². The summed E-state index contributed by atoms with van der Waals surface area (Å²) < 4.78 is 3.45. The summed E-state index contributed by atoms with van der Waals surface area (Å²) in [6.45, 7) is 6.17. The fourth-order valence-corrected chi connectivity index (χ4v) is 2.49. The average molecular weight is 313 g/mol. The molecule has 2 N–H and O–H groups in total. The number of pyridine rings is 1. The van der Waals surface area contributed by atoms with Gasteiger partial charge in [0, 0.05) is 24.8 Å². The van der Waals surface area contributed by atoms with Crippen LogP contribution in [0, 0.1) is 20.8 Å². The molecule has 0 spiro atoms. The van der Waals surface area contributed by atoms with Crippen molar-refractivity contribution in [2.45, 2.75) is 27.3 Å². The molecular weight excluding hydrogens is 294 g/mol. The Hall–Kier alpha value is -2.90. The minimum absolute atomic E-state index is 0.274. The number of anilines is 1. The van der Waals surface area contributed by atoms with Crippen molar-refractivity contribution >= 4 is 17.4 Å². The molecule has 8 heteroatoms. The summed E-state index contributed by atoms with van der Waals surface area (Å²) in [4.78, 5) is 16.3. The van der Waals surface area contributed by atoms with Gasteiger partial charge in [-0.25, -0.2) is 14.3 Å². The van der Waals surface area contributed by atoms with Crippen LogP contribution in [0.1, 0.15) is 22.8 Å². The molecule has 0 fully saturated rings. The zero-order valence-electron chi connectivity index (χ0n) is 13.6. The van der Waals surface area contributed by atoms with Gasteiger partial charge in [0.05, 0.1) is 17.6 Å². The van der Waals surface area contributed by atoms with Crippen LogP contribution in [0.25, 0.3) is 5.65 Å². The topological polar surface area (TPSA) is 89.1 Å². The number of nitrogens with zero attached hydrogens (tertiary/aromatic N) is 5. The van der Waals surface area contributed by atoms with Crippen LogP contribution in [0.15, 0.2) is 18.3 Å². The second kappa shape index (κ2) is 5.71. The molecule has 2 amide bonds. The van der Waals surface area contributed by atoms with Gasteiger partial charge in [0.25, 0.3) is 0 Å². The van der Waals surface area contributed by atoms with Crippen LogP contribution in [0.4, 0.5) is 10.5 Å². The third-order valence-corrected chi connectivity index (χ3v) is 3.78. The second-order valence-corrected chi connectivity index (χ2v) is 5.46. The predicted molar refractivity (Wildman–Crippen MR) is 86.3 cm³/mol. The van der Waals surface area contributed by atoms with E-state index in [1.54, 1.807) is 16.8 Å². The van der Waals surface area contributed by atoms with Gasteiger partial charge in [-0.3, -0.25) is 4.68 Å². The van der Waals surface area contributed by atoms with Crippen LogP contribution >= 0.6 is 0 Å². The lowest BCUT2D eigenvalue weighted by atomic mass is 10.2. The highest BCUT2D eigenvalue weighted by molar-refractivity contribution is 5.89. The van der Waals surface area contributed by atoms with Gasteiger partial charge < -0.3 is 10.6 Å². The van der Waals surface area contributed by atoms with Gasteiger partial charge in [0.2, 0.25) is 0 Å². The molecule has 0 atom stereocenters. The van der Waals surface area contributed by atoms with E-state index in [0.717, 1.165) is 22.6 Å². The molecule has 0 aliphatic carbocycles. The maximum absolute atomic E-state index is 12.1. The monoisotopic (exact) mass is 313 g/mol. The van der Waals surface area contributed by atoms with Crippen molar-refractivity contribution in [1.82, 2.24) is 29.7 Å². The number of rotatable bonds is 3. The Morgan fingerprint density at radius 3 is 2.70 bits per heavy atom. The average Bonchev–Trinajstić information content (AvgIpc) is 2.96. The quantitative estimate of drug-likeness (QED) is 0.770. The molecule has 8 nitrogen and oxygen atoms in total. The summed E-state index contributed by atoms with van der Waals surface area (Å²) in [5, 5.41) is 14.2. The van der Waals surface area contributed by atoms with Crippen molar-refractivity contribution < 1.29 is 4.79 Å². The van der Waals surface area contributed by atoms with Crippen LogP contribution in [-0.2, 0) is 13.6 Å². The van der Waals surface area contributed by atoms with Crippen LogP contribution in [0.2, 0.25) is 0 Å². The Morgan fingerprint density at radius 2 is 2.00 bits per heavy atom. The Balaban J connectivity index is 1.66. The summed E-state index contributed by atoms with van der Waals surface area (Å²) in [6, 6.07) is 3.33. The number of carbonyl (C=O) groups is 1. The fraction of sp³-hybridized carbons (Fsp3) is 0.333. The summed E-state index contributed by atoms with van der Waals surface area (Å²) in [6.07, 6.45) is 1.73. The first-order valence-corrected chi connectivity index (χ1v) is 7.31. The normalized spacial score (nSPS) is 11.0. The zero-order valence-corrected chi connectivity index (χ0v) is 13.6. The van der Waals surface area contributed by atoms with Gasteiger partial charge in [-0.2, -0.15) is 10.2 Å². The molecule has 0 radical (unpaired) electrons. The molecule has 0 unspecified atom stereocenters. The molecule has 0 bridgehead atoms. The molecule has 23 heavy (non-hydrogen) atoms. The summed E-state index contributed by atoms with van der Waals surface area (Å²) >= 11 is 0. The smallest absolute Gasteiger partial charge is 0.319 e. The lowest BCUT2D eigenvalue weighted by Gasteiger charge is -2.08. The number of carbonyl (C=O) groups excluding carboxylic acids is 1. The highest BCUT2D eigenvalue weighted by Gasteiger charge is 2.11. The molecule has 0 saturated carbocycles. The fourth-order valence-electron chi connectivity index (χ4n) is 2.49. The molecule has 0 aromatic carbocycles. The standard InChI is InChI=1S/C15H19N7O/c1-9-13(10(2)21(4)19-9)7-16-15(23)18-12-5-6-14-17-11(3)20-22(14)8-12/h5-6,8H,7H2,1-4H3,(H2,16,18,23). The maximum atomic E-state index is 12.1. The number of fused-ring (bicyclic) bond motifs is 1. The number of hydrogen-bond donors (Lipinski definition) is 2. The van der Waals surface area contributed by atoms with Crippen molar-refractivity contribution in [3.63, 3.8) is 0 Å². The summed E-state index contributed by atoms with van der Waals surface area (Å²) in [5.41, 5.74) is 4.40. The second-order valence-electron chi connectivity index (χ2n) is 5.46. The lowest BCUT2D eigenvalue weighted by molar-refractivity contribution is 0.251. The van der Waals surface area contributed by atoms with Crippen LogP contribution in [0.5, 0.6) is 0 Å². The minimum atomic E-state index is -0.274. The molecular formula is C15H19N7O. The van der Waals surface area contributed by atoms with Gasteiger partial charge in [-0.15, -0.1) is 0 Å². The van der Waals surface area contributed by atoms with E-state index in [1.807, 2.05) is 38.6 Å². The first kappa shape index (κ1) is 15.0. The van der Waals surface area contributed by atoms with Gasteiger partial charge in [0.1, 0.15) is 5.82 Å². The Kier molecular flexibility index (Phi) is 3.73. The van der Waals surface area contributed by atoms with Crippen LogP contribution in [0.3, 0.4) is 0 Å². The van der Waals surface area contributed by atoms with Crippen molar-refractivity contribution in [3.8, 4) is 0 Å². The highest BCUT2D eigenvalue weighted by atomic mass is 16.2. The van der Waals surface area contributed by atoms with Crippen molar-refractivity contribution in [2.24, 2.45) is 7.05 Å². The third kappa shape index (κ3) is 3.01. The van der Waals surface area contributed by atoms with E-state index in [9.17, 15) is 4.79 Å². The van der Waals surface area contributed by atoms with Crippen molar-refractivity contribution in [2.75, 3.05) is 5.32 Å². The van der Waals surface area contributed by atoms with E-state index in [0.29, 0.717) is 18.1 Å². The maximum Gasteiger partial charge on any atom is 0.319 e. The molecule has 3 aromatic rings. The van der Waals surface area contributed by atoms with E-state index in [-0.39, 0.29) is 6.03 Å². The summed E-state index contributed by atoms with van der Waals surface area (Å²) in [5.74, 6) is 0.689. The number of aryl methyl sites for hydroxylation is 3. The minimum Gasteiger partial charge on any atom is -0.334 e. The zero-order chi connectivity index (χ0) is 16.6. The Labute approximate surface area is 133 Å². The molecule has 120 valence electrons. The van der Waals surface area contributed by atoms with Crippen molar-refractivity contribution in [1.29, 1.82) is 0 Å². The molecule has 0 saturated heterocycles. The first-order valence-electron chi connectivity index (χ1n) is 7.31. The molecule has 0 aliphatic rings. The molecule has 0 aliphatic heterocycles. The highest BCUT2D eigenvalue weighted by Crippen LogP contribution is 2.12. The number of urea groups is 1. The summed E-state index contributed by atoms with van der Waals surface area (Å²) in [7, 11) is 1.89. The van der Waals surface area contributed by atoms with E-state index >= 15 is 0 Å².